The van der Waals surface area contributed by atoms with Gasteiger partial charge in [0.2, 0.25) is 0 Å². The summed E-state index contributed by atoms with van der Waals surface area (Å²) in [6.45, 7) is 3.42. The number of amides is 1. The number of nitro groups is 1. The number of benzene rings is 2. The molecule has 0 aliphatic heterocycles. The van der Waals surface area contributed by atoms with Crippen molar-refractivity contribution in [3.05, 3.63) is 62.1 Å². The fraction of sp³-hybridized carbons (Fsp3) is 0.222. The second kappa shape index (κ2) is 9.01. The second-order valence-corrected chi connectivity index (χ2v) is 7.00. The van der Waals surface area contributed by atoms with Crippen LogP contribution in [0, 0.1) is 16.0 Å². The normalized spacial score (nSPS) is 11.8. The summed E-state index contributed by atoms with van der Waals surface area (Å²) in [5.41, 5.74) is 5.36. The number of carbonyl (C=O) groups is 2. The van der Waals surface area contributed by atoms with Crippen LogP contribution in [0.3, 0.4) is 0 Å². The first kappa shape index (κ1) is 21.6. The molecule has 2 rings (SSSR count). The van der Waals surface area contributed by atoms with Crippen molar-refractivity contribution in [1.82, 2.24) is 0 Å². The Hall–Kier alpha value is -2.68. The van der Waals surface area contributed by atoms with E-state index in [4.69, 9.17) is 33.7 Å². The quantitative estimate of drug-likeness (QED) is 0.311. The summed E-state index contributed by atoms with van der Waals surface area (Å²) < 4.78 is 5.18. The molecule has 2 aromatic rings. The van der Waals surface area contributed by atoms with E-state index in [0.717, 1.165) is 12.1 Å². The Morgan fingerprint density at radius 2 is 1.82 bits per heavy atom. The summed E-state index contributed by atoms with van der Waals surface area (Å²) in [4.78, 5) is 35.3. The van der Waals surface area contributed by atoms with Gasteiger partial charge in [0.25, 0.3) is 11.6 Å². The first-order valence-electron chi connectivity index (χ1n) is 8.13. The van der Waals surface area contributed by atoms with Crippen molar-refractivity contribution in [2.75, 3.05) is 5.32 Å². The zero-order chi connectivity index (χ0) is 21.0. The smallest absolute Gasteiger partial charge is 0.328 e. The Balaban J connectivity index is 2.45. The molecule has 1 unspecified atom stereocenters. The summed E-state index contributed by atoms with van der Waals surface area (Å²) in [6, 6.07) is 7.46. The molecule has 0 fully saturated rings. The minimum atomic E-state index is -0.978. The van der Waals surface area contributed by atoms with Gasteiger partial charge in [-0.05, 0) is 24.1 Å². The lowest BCUT2D eigenvalue weighted by Crippen LogP contribution is -2.39. The van der Waals surface area contributed by atoms with Crippen LogP contribution in [-0.2, 0) is 4.79 Å². The predicted octanol–water partition coefficient (Wildman–Crippen LogP) is 4.04. The largest absolute Gasteiger partial charge is 0.424 e. The highest BCUT2D eigenvalue weighted by Crippen LogP contribution is 2.34. The van der Waals surface area contributed by atoms with Crippen molar-refractivity contribution in [1.29, 1.82) is 0 Å². The van der Waals surface area contributed by atoms with E-state index >= 15 is 0 Å². The topological polar surface area (TPSA) is 125 Å². The Morgan fingerprint density at radius 3 is 2.39 bits per heavy atom. The summed E-state index contributed by atoms with van der Waals surface area (Å²) in [6.07, 6.45) is 0. The van der Waals surface area contributed by atoms with Gasteiger partial charge in [-0.1, -0.05) is 49.2 Å². The number of carbonyl (C=O) groups excluding carboxylic acids is 2. The van der Waals surface area contributed by atoms with Crippen LogP contribution >= 0.6 is 23.2 Å². The number of hydrogen-bond acceptors (Lipinski definition) is 6. The average Bonchev–Trinajstić information content (AvgIpc) is 2.63. The summed E-state index contributed by atoms with van der Waals surface area (Å²) >= 11 is 11.9. The molecular weight excluding hydrogens is 409 g/mol. The van der Waals surface area contributed by atoms with Gasteiger partial charge in [-0.3, -0.25) is 14.9 Å². The van der Waals surface area contributed by atoms with E-state index < -0.39 is 28.5 Å². The number of hydrogen-bond donors (Lipinski definition) is 2. The van der Waals surface area contributed by atoms with Gasteiger partial charge in [0, 0.05) is 0 Å². The second-order valence-electron chi connectivity index (χ2n) is 6.18. The van der Waals surface area contributed by atoms with E-state index in [0.29, 0.717) is 5.69 Å². The molecule has 8 nitrogen and oxygen atoms in total. The van der Waals surface area contributed by atoms with Crippen LogP contribution in [0.5, 0.6) is 5.75 Å². The summed E-state index contributed by atoms with van der Waals surface area (Å²) in [7, 11) is 0. The van der Waals surface area contributed by atoms with E-state index in [1.54, 1.807) is 38.1 Å². The first-order valence-corrected chi connectivity index (χ1v) is 8.88. The first-order chi connectivity index (χ1) is 13.1. The molecule has 0 aliphatic rings. The molecular formula is C18H17Cl2N3O5. The zero-order valence-corrected chi connectivity index (χ0v) is 16.5. The van der Waals surface area contributed by atoms with Crippen molar-refractivity contribution in [2.24, 2.45) is 11.7 Å². The van der Waals surface area contributed by atoms with E-state index in [9.17, 15) is 19.7 Å². The lowest BCUT2D eigenvalue weighted by atomic mass is 10.1. The highest BCUT2D eigenvalue weighted by molar-refractivity contribution is 6.34. The Labute approximate surface area is 170 Å². The van der Waals surface area contributed by atoms with Crippen molar-refractivity contribution < 1.29 is 19.2 Å². The molecule has 1 atom stereocenters. The summed E-state index contributed by atoms with van der Waals surface area (Å²) in [5, 5.41) is 13.7. The van der Waals surface area contributed by atoms with Crippen molar-refractivity contribution in [2.45, 2.75) is 19.9 Å². The number of rotatable bonds is 6. The van der Waals surface area contributed by atoms with E-state index in [-0.39, 0.29) is 27.3 Å². The predicted molar refractivity (Wildman–Crippen MR) is 106 cm³/mol. The van der Waals surface area contributed by atoms with E-state index in [1.807, 2.05) is 0 Å². The van der Waals surface area contributed by atoms with Crippen molar-refractivity contribution in [3.63, 3.8) is 0 Å². The molecule has 0 saturated heterocycles. The van der Waals surface area contributed by atoms with Crippen molar-refractivity contribution >= 4 is 46.5 Å². The van der Waals surface area contributed by atoms with Crippen LogP contribution in [0.2, 0.25) is 10.0 Å². The van der Waals surface area contributed by atoms with Gasteiger partial charge < -0.3 is 15.8 Å². The number of halogens is 2. The van der Waals surface area contributed by atoms with Crippen molar-refractivity contribution in [3.8, 4) is 5.75 Å². The van der Waals surface area contributed by atoms with Gasteiger partial charge in [0.15, 0.2) is 5.75 Å². The molecule has 0 bridgehead atoms. The number of nitrogens with one attached hydrogen (secondary N) is 1. The number of ether oxygens (including phenoxy) is 1. The monoisotopic (exact) mass is 425 g/mol. The number of para-hydroxylation sites is 1. The Kier molecular flexibility index (Phi) is 6.95. The highest BCUT2D eigenvalue weighted by Gasteiger charge is 2.26. The Morgan fingerprint density at radius 1 is 1.18 bits per heavy atom. The maximum absolute atomic E-state index is 12.7. The van der Waals surface area contributed by atoms with Gasteiger partial charge in [-0.15, -0.1) is 0 Å². The number of esters is 1. The standard InChI is InChI=1S/C18H17Cl2N3O5/c1-9(2)16(21)18(25)28-15-8-14(23(26)27)12(20)7-10(15)17(24)22-13-6-4-3-5-11(13)19/h3-9,16H,21H2,1-2H3,(H,22,24). The molecule has 0 aliphatic carbocycles. The molecule has 2 aromatic carbocycles. The number of nitrogens with two attached hydrogens (primary N) is 1. The van der Waals surface area contributed by atoms with Crippen LogP contribution in [0.4, 0.5) is 11.4 Å². The van der Waals surface area contributed by atoms with Crippen LogP contribution in [0.25, 0.3) is 0 Å². The van der Waals surface area contributed by atoms with E-state index in [2.05, 4.69) is 5.32 Å². The molecule has 148 valence electrons. The van der Waals surface area contributed by atoms with Gasteiger partial charge in [-0.25, -0.2) is 4.79 Å². The number of nitrogens with zero attached hydrogens (tertiary/aromatic N) is 1. The van der Waals surface area contributed by atoms with E-state index in [1.165, 1.54) is 0 Å². The highest BCUT2D eigenvalue weighted by atomic mass is 35.5. The molecule has 0 heterocycles. The van der Waals surface area contributed by atoms with Crippen LogP contribution < -0.4 is 15.8 Å². The van der Waals surface area contributed by atoms with Gasteiger partial charge >= 0.3 is 5.97 Å². The van der Waals surface area contributed by atoms with Gasteiger partial charge in [0.1, 0.15) is 11.1 Å². The maximum atomic E-state index is 12.7. The number of nitro benzene ring substituents is 1. The van der Waals surface area contributed by atoms with Crippen LogP contribution in [0.15, 0.2) is 36.4 Å². The molecule has 10 heteroatoms. The minimum absolute atomic E-state index is 0.181. The van der Waals surface area contributed by atoms with Gasteiger partial charge in [-0.2, -0.15) is 0 Å². The SMILES string of the molecule is CC(C)C(N)C(=O)Oc1cc([N+](=O)[O-])c(Cl)cc1C(=O)Nc1ccccc1Cl. The molecule has 0 aromatic heterocycles. The zero-order valence-electron chi connectivity index (χ0n) is 14.9. The number of anilines is 1. The molecule has 28 heavy (non-hydrogen) atoms. The fourth-order valence-electron chi connectivity index (χ4n) is 2.15. The third-order valence-corrected chi connectivity index (χ3v) is 4.45. The average molecular weight is 426 g/mol. The van der Waals surface area contributed by atoms with Crippen LogP contribution in [0.1, 0.15) is 24.2 Å². The molecule has 1 amide bonds. The molecule has 0 radical (unpaired) electrons. The third-order valence-electron chi connectivity index (χ3n) is 3.81. The Bertz CT molecular complexity index is 933. The molecule has 0 spiro atoms. The molecule has 3 N–H and O–H groups in total. The summed E-state index contributed by atoms with van der Waals surface area (Å²) in [5.74, 6) is -2.12. The fourth-order valence-corrected chi connectivity index (χ4v) is 2.56. The lowest BCUT2D eigenvalue weighted by Gasteiger charge is -2.16. The van der Waals surface area contributed by atoms with Gasteiger partial charge in [0.05, 0.1) is 27.3 Å². The lowest BCUT2D eigenvalue weighted by molar-refractivity contribution is -0.384. The van der Waals surface area contributed by atoms with Crippen LogP contribution in [-0.4, -0.2) is 22.8 Å². The molecule has 0 saturated carbocycles. The minimum Gasteiger partial charge on any atom is -0.424 e. The third kappa shape index (κ3) is 4.98. The maximum Gasteiger partial charge on any atom is 0.328 e.